The van der Waals surface area contributed by atoms with Crippen molar-refractivity contribution in [1.29, 1.82) is 0 Å². The number of unbranched alkanes of at least 4 members (excludes halogenated alkanes) is 9. The van der Waals surface area contributed by atoms with Gasteiger partial charge in [-0.25, -0.2) is 0 Å². The van der Waals surface area contributed by atoms with E-state index in [1.807, 2.05) is 0 Å². The van der Waals surface area contributed by atoms with Gasteiger partial charge in [-0.05, 0) is 19.4 Å². The Bertz CT molecular complexity index is 262. The molecule has 4 nitrogen and oxygen atoms in total. The molecule has 3 N–H and O–H groups in total. The van der Waals surface area contributed by atoms with Crippen molar-refractivity contribution in [3.8, 4) is 0 Å². The van der Waals surface area contributed by atoms with E-state index in [4.69, 9.17) is 10.3 Å². The number of hydrogen-bond donors (Lipinski definition) is 2. The summed E-state index contributed by atoms with van der Waals surface area (Å²) in [6, 6.07) is 0. The van der Waals surface area contributed by atoms with E-state index in [-0.39, 0.29) is 35.3 Å². The SMILES string of the molecule is CCCCCCCCCCCCN.CCCS(=O)(=O)O.[NaH]. The molecule has 0 rings (SSSR count). The quantitative estimate of drug-likeness (QED) is 0.325. The van der Waals surface area contributed by atoms with Gasteiger partial charge in [-0.3, -0.25) is 4.55 Å². The molecule has 0 aliphatic carbocycles. The summed E-state index contributed by atoms with van der Waals surface area (Å²) in [6.45, 7) is 4.83. The van der Waals surface area contributed by atoms with Gasteiger partial charge in [0, 0.05) is 0 Å². The van der Waals surface area contributed by atoms with Gasteiger partial charge in [0.05, 0.1) is 5.75 Å². The summed E-state index contributed by atoms with van der Waals surface area (Å²) >= 11 is 0. The van der Waals surface area contributed by atoms with Crippen LogP contribution in [0.3, 0.4) is 0 Å². The molecule has 0 aliphatic rings. The molecular weight excluding hydrogens is 297 g/mol. The third kappa shape index (κ3) is 33.6. The van der Waals surface area contributed by atoms with Crippen molar-refractivity contribution < 1.29 is 13.0 Å². The zero-order valence-electron chi connectivity index (χ0n) is 13.4. The molecule has 0 saturated carbocycles. The molecule has 0 amide bonds. The molecule has 0 aromatic rings. The van der Waals surface area contributed by atoms with E-state index in [1.54, 1.807) is 6.92 Å². The van der Waals surface area contributed by atoms with Gasteiger partial charge < -0.3 is 5.73 Å². The molecule has 6 heteroatoms. The first kappa shape index (κ1) is 26.8. The molecule has 0 atom stereocenters. The van der Waals surface area contributed by atoms with E-state index in [1.165, 1.54) is 64.2 Å². The average molecular weight is 334 g/mol. The third-order valence-corrected chi connectivity index (χ3v) is 3.94. The minimum atomic E-state index is -3.67. The molecular formula is C15H36NNaO3S. The van der Waals surface area contributed by atoms with E-state index in [2.05, 4.69) is 6.92 Å². The molecule has 0 bridgehead atoms. The summed E-state index contributed by atoms with van der Waals surface area (Å²) in [7, 11) is -3.67. The van der Waals surface area contributed by atoms with E-state index >= 15 is 0 Å². The van der Waals surface area contributed by atoms with E-state index in [9.17, 15) is 8.42 Å². The van der Waals surface area contributed by atoms with Crippen LogP contribution in [-0.4, -0.2) is 54.8 Å². The predicted molar refractivity (Wildman–Crippen MR) is 94.8 cm³/mol. The molecule has 0 aromatic heterocycles. The van der Waals surface area contributed by atoms with E-state index in [0.717, 1.165) is 6.54 Å². The summed E-state index contributed by atoms with van der Waals surface area (Å²) in [6.07, 6.45) is 14.4. The van der Waals surface area contributed by atoms with Crippen molar-refractivity contribution in [2.75, 3.05) is 12.3 Å². The Morgan fingerprint density at radius 3 is 1.38 bits per heavy atom. The molecule has 126 valence electrons. The van der Waals surface area contributed by atoms with Crippen molar-refractivity contribution in [3.05, 3.63) is 0 Å². The van der Waals surface area contributed by atoms with E-state index in [0.29, 0.717) is 6.42 Å². The normalized spacial score (nSPS) is 10.5. The molecule has 0 radical (unpaired) electrons. The maximum absolute atomic E-state index is 9.79. The van der Waals surface area contributed by atoms with Gasteiger partial charge >= 0.3 is 29.6 Å². The second-order valence-corrected chi connectivity index (χ2v) is 6.83. The van der Waals surface area contributed by atoms with Gasteiger partial charge in [0.25, 0.3) is 10.1 Å². The Kier molecular flexibility index (Phi) is 26.6. The van der Waals surface area contributed by atoms with Gasteiger partial charge in [0.15, 0.2) is 0 Å². The number of rotatable bonds is 12. The first-order valence-corrected chi connectivity index (χ1v) is 9.74. The average Bonchev–Trinajstić information content (AvgIpc) is 2.36. The van der Waals surface area contributed by atoms with Crippen LogP contribution in [0.15, 0.2) is 0 Å². The van der Waals surface area contributed by atoms with Crippen LogP contribution in [0.5, 0.6) is 0 Å². The van der Waals surface area contributed by atoms with Gasteiger partial charge in [0.1, 0.15) is 0 Å². The van der Waals surface area contributed by atoms with Crippen LogP contribution in [0.25, 0.3) is 0 Å². The molecule has 0 heterocycles. The molecule has 0 spiro atoms. The maximum atomic E-state index is 9.79. The zero-order chi connectivity index (χ0) is 15.7. The van der Waals surface area contributed by atoms with Crippen molar-refractivity contribution in [1.82, 2.24) is 0 Å². The van der Waals surface area contributed by atoms with Crippen LogP contribution in [0.1, 0.15) is 84.5 Å². The number of hydrogen-bond acceptors (Lipinski definition) is 3. The topological polar surface area (TPSA) is 80.4 Å². The van der Waals surface area contributed by atoms with Crippen molar-refractivity contribution in [3.63, 3.8) is 0 Å². The Hall–Kier alpha value is 0.870. The van der Waals surface area contributed by atoms with Crippen LogP contribution in [0, 0.1) is 0 Å². The fourth-order valence-electron chi connectivity index (χ4n) is 1.89. The van der Waals surface area contributed by atoms with Gasteiger partial charge in [-0.2, -0.15) is 8.42 Å². The Balaban J connectivity index is -0.000000347. The first-order valence-electron chi connectivity index (χ1n) is 8.13. The fourth-order valence-corrected chi connectivity index (χ4v) is 2.41. The van der Waals surface area contributed by atoms with Gasteiger partial charge in [-0.15, -0.1) is 0 Å². The van der Waals surface area contributed by atoms with Crippen LogP contribution >= 0.6 is 0 Å². The number of nitrogens with two attached hydrogens (primary N) is 1. The van der Waals surface area contributed by atoms with Crippen molar-refractivity contribution >= 4 is 39.7 Å². The standard InChI is InChI=1S/C12H27N.C3H8O3S.Na.H/c1-2-3-4-5-6-7-8-9-10-11-12-13;1-2-3-7(4,5)6;;/h2-13H2,1H3;2-3H2,1H3,(H,4,5,6);;. The van der Waals surface area contributed by atoms with Gasteiger partial charge in [0.2, 0.25) is 0 Å². The van der Waals surface area contributed by atoms with Gasteiger partial charge in [-0.1, -0.05) is 71.6 Å². The second-order valence-electron chi connectivity index (χ2n) is 5.26. The summed E-state index contributed by atoms with van der Waals surface area (Å²) in [5, 5.41) is 0. The molecule has 0 aromatic carbocycles. The van der Waals surface area contributed by atoms with Crippen LogP contribution in [0.4, 0.5) is 0 Å². The van der Waals surface area contributed by atoms with Crippen molar-refractivity contribution in [2.24, 2.45) is 5.73 Å². The second kappa shape index (κ2) is 20.9. The zero-order valence-corrected chi connectivity index (χ0v) is 14.3. The summed E-state index contributed by atoms with van der Waals surface area (Å²) < 4.78 is 27.6. The first-order chi connectivity index (χ1) is 9.47. The van der Waals surface area contributed by atoms with Crippen LogP contribution in [-0.2, 0) is 10.1 Å². The predicted octanol–water partition coefficient (Wildman–Crippen LogP) is 3.50. The summed E-state index contributed by atoms with van der Waals surface area (Å²) in [5.41, 5.74) is 5.42. The minimum absolute atomic E-state index is 0. The summed E-state index contributed by atoms with van der Waals surface area (Å²) in [4.78, 5) is 0. The molecule has 0 unspecified atom stereocenters. The van der Waals surface area contributed by atoms with Crippen molar-refractivity contribution in [2.45, 2.75) is 84.5 Å². The molecule has 0 aliphatic heterocycles. The monoisotopic (exact) mass is 333 g/mol. The fraction of sp³-hybridized carbons (Fsp3) is 1.00. The van der Waals surface area contributed by atoms with E-state index < -0.39 is 10.1 Å². The Morgan fingerprint density at radius 2 is 1.14 bits per heavy atom. The molecule has 0 saturated heterocycles. The molecule has 0 fully saturated rings. The van der Waals surface area contributed by atoms with Crippen LogP contribution in [0.2, 0.25) is 0 Å². The Morgan fingerprint density at radius 1 is 0.762 bits per heavy atom. The van der Waals surface area contributed by atoms with Crippen LogP contribution < -0.4 is 5.73 Å². The summed E-state index contributed by atoms with van der Waals surface area (Å²) in [5.74, 6) is -0.132. The molecule has 21 heavy (non-hydrogen) atoms. The Labute approximate surface area is 154 Å². The third-order valence-electron chi connectivity index (χ3n) is 3.02.